The van der Waals surface area contributed by atoms with E-state index in [1.54, 1.807) is 0 Å². The highest BCUT2D eigenvalue weighted by molar-refractivity contribution is 5.86. The van der Waals surface area contributed by atoms with Gasteiger partial charge in [-0.25, -0.2) is 0 Å². The molecule has 2 aliphatic rings. The van der Waals surface area contributed by atoms with Gasteiger partial charge in [0.1, 0.15) is 0 Å². The molecule has 2 saturated heterocycles. The second-order valence-corrected chi connectivity index (χ2v) is 9.27. The molecule has 0 saturated carbocycles. The van der Waals surface area contributed by atoms with E-state index in [1.807, 2.05) is 28.0 Å². The van der Waals surface area contributed by atoms with Crippen LogP contribution < -0.4 is 38.1 Å². The Labute approximate surface area is 193 Å². The second-order valence-electron chi connectivity index (χ2n) is 9.27. The number of nitrogens with zero attached hydrogens (tertiary/aromatic N) is 5. The van der Waals surface area contributed by atoms with Crippen molar-refractivity contribution in [2.24, 2.45) is 22.9 Å². The Hall–Kier alpha value is -3.05. The standard InChI is InChI=1S/C23H32N10/c24-16-8-17(25)11-32(10-16)22-29-21(28-20-6-5-14-3-1-2-4-15(14)7-20)30-23(31-22)33-12-18(26)9-19(27)13-33/h1-7,16-19H,8-13,24-27H2,(H,28,29,30,31). The van der Waals surface area contributed by atoms with Gasteiger partial charge in [-0.1, -0.05) is 30.3 Å². The van der Waals surface area contributed by atoms with Crippen LogP contribution in [0.15, 0.2) is 42.5 Å². The lowest BCUT2D eigenvalue weighted by Gasteiger charge is -2.37. The van der Waals surface area contributed by atoms with Crippen LogP contribution in [-0.2, 0) is 0 Å². The molecule has 4 unspecified atom stereocenters. The third kappa shape index (κ3) is 4.98. The van der Waals surface area contributed by atoms with Crippen LogP contribution in [0.25, 0.3) is 10.8 Å². The van der Waals surface area contributed by atoms with Crippen molar-refractivity contribution >= 4 is 34.3 Å². The molecule has 4 atom stereocenters. The fourth-order valence-electron chi connectivity index (χ4n) is 4.77. The first kappa shape index (κ1) is 21.8. The van der Waals surface area contributed by atoms with Gasteiger partial charge in [-0.15, -0.1) is 0 Å². The average Bonchev–Trinajstić information content (AvgIpc) is 2.77. The second kappa shape index (κ2) is 9.06. The van der Waals surface area contributed by atoms with Crippen molar-refractivity contribution in [2.45, 2.75) is 37.0 Å². The number of hydrogen-bond acceptors (Lipinski definition) is 10. The van der Waals surface area contributed by atoms with Crippen molar-refractivity contribution in [1.82, 2.24) is 15.0 Å². The summed E-state index contributed by atoms with van der Waals surface area (Å²) in [6, 6.07) is 14.3. The molecule has 33 heavy (non-hydrogen) atoms. The Morgan fingerprint density at radius 2 is 1.18 bits per heavy atom. The molecule has 10 nitrogen and oxygen atoms in total. The van der Waals surface area contributed by atoms with Gasteiger partial charge in [-0.3, -0.25) is 0 Å². The summed E-state index contributed by atoms with van der Waals surface area (Å²) < 4.78 is 0. The van der Waals surface area contributed by atoms with Gasteiger partial charge in [-0.05, 0) is 35.7 Å². The van der Waals surface area contributed by atoms with Crippen molar-refractivity contribution < 1.29 is 0 Å². The number of anilines is 4. The summed E-state index contributed by atoms with van der Waals surface area (Å²) in [4.78, 5) is 18.3. The highest BCUT2D eigenvalue weighted by atomic mass is 15.4. The number of piperidine rings is 2. The lowest BCUT2D eigenvalue weighted by atomic mass is 10.0. The zero-order valence-corrected chi connectivity index (χ0v) is 18.6. The first-order valence-corrected chi connectivity index (χ1v) is 11.5. The maximum absolute atomic E-state index is 6.23. The Morgan fingerprint density at radius 3 is 1.73 bits per heavy atom. The third-order valence-electron chi connectivity index (χ3n) is 6.21. The zero-order chi connectivity index (χ0) is 22.9. The van der Waals surface area contributed by atoms with E-state index in [1.165, 1.54) is 5.39 Å². The van der Waals surface area contributed by atoms with Crippen LogP contribution in [0, 0.1) is 0 Å². The monoisotopic (exact) mass is 448 g/mol. The van der Waals surface area contributed by atoms with Gasteiger partial charge in [0.05, 0.1) is 0 Å². The predicted molar refractivity (Wildman–Crippen MR) is 133 cm³/mol. The number of rotatable bonds is 4. The van der Waals surface area contributed by atoms with Crippen molar-refractivity contribution in [3.05, 3.63) is 42.5 Å². The quantitative estimate of drug-likeness (QED) is 0.380. The van der Waals surface area contributed by atoms with Gasteiger partial charge < -0.3 is 38.1 Å². The predicted octanol–water partition coefficient (Wildman–Crippen LogP) is 0.498. The number of nitrogens with two attached hydrogens (primary N) is 4. The highest BCUT2D eigenvalue weighted by Gasteiger charge is 2.28. The van der Waals surface area contributed by atoms with E-state index in [-0.39, 0.29) is 24.2 Å². The summed E-state index contributed by atoms with van der Waals surface area (Å²) in [5.41, 5.74) is 25.8. The normalized spacial score (nSPS) is 25.9. The fraction of sp³-hybridized carbons (Fsp3) is 0.435. The molecule has 0 spiro atoms. The van der Waals surface area contributed by atoms with E-state index in [0.717, 1.165) is 23.9 Å². The lowest BCUT2D eigenvalue weighted by Crippen LogP contribution is -2.54. The topological polar surface area (TPSA) is 161 Å². The molecule has 174 valence electrons. The summed E-state index contributed by atoms with van der Waals surface area (Å²) in [6.07, 6.45) is 1.57. The van der Waals surface area contributed by atoms with E-state index in [0.29, 0.717) is 44.0 Å². The zero-order valence-electron chi connectivity index (χ0n) is 18.6. The number of nitrogens with one attached hydrogen (secondary N) is 1. The minimum atomic E-state index is -0.0253. The maximum atomic E-state index is 6.23. The van der Waals surface area contributed by atoms with Crippen LogP contribution in [0.5, 0.6) is 0 Å². The van der Waals surface area contributed by atoms with Crippen LogP contribution in [-0.4, -0.2) is 65.3 Å². The van der Waals surface area contributed by atoms with Gasteiger partial charge in [0.2, 0.25) is 17.8 Å². The number of aromatic nitrogens is 3. The van der Waals surface area contributed by atoms with E-state index in [9.17, 15) is 0 Å². The molecule has 0 bridgehead atoms. The molecule has 10 heteroatoms. The molecule has 5 rings (SSSR count). The number of benzene rings is 2. The van der Waals surface area contributed by atoms with Gasteiger partial charge in [0, 0.05) is 56.0 Å². The van der Waals surface area contributed by atoms with Crippen LogP contribution in [0.3, 0.4) is 0 Å². The minimum absolute atomic E-state index is 0.0253. The largest absolute Gasteiger partial charge is 0.338 e. The number of hydrogen-bond donors (Lipinski definition) is 5. The Bertz CT molecular complexity index is 1060. The molecule has 1 aromatic heterocycles. The third-order valence-corrected chi connectivity index (χ3v) is 6.21. The Balaban J connectivity index is 1.49. The minimum Gasteiger partial charge on any atom is -0.338 e. The maximum Gasteiger partial charge on any atom is 0.233 e. The van der Waals surface area contributed by atoms with Gasteiger partial charge in [-0.2, -0.15) is 15.0 Å². The van der Waals surface area contributed by atoms with Crippen molar-refractivity contribution in [2.75, 3.05) is 41.3 Å². The molecule has 2 aliphatic heterocycles. The van der Waals surface area contributed by atoms with E-state index < -0.39 is 0 Å². The first-order valence-electron chi connectivity index (χ1n) is 11.5. The summed E-state index contributed by atoms with van der Waals surface area (Å²) in [6.45, 7) is 2.58. The Kier molecular flexibility index (Phi) is 5.98. The van der Waals surface area contributed by atoms with Crippen LogP contribution in [0.1, 0.15) is 12.8 Å². The number of fused-ring (bicyclic) bond motifs is 1. The molecule has 0 radical (unpaired) electrons. The first-order chi connectivity index (χ1) is 15.9. The van der Waals surface area contributed by atoms with Crippen LogP contribution in [0.2, 0.25) is 0 Å². The van der Waals surface area contributed by atoms with Gasteiger partial charge >= 0.3 is 0 Å². The van der Waals surface area contributed by atoms with Crippen LogP contribution >= 0.6 is 0 Å². The van der Waals surface area contributed by atoms with Crippen molar-refractivity contribution in [3.8, 4) is 0 Å². The average molecular weight is 449 g/mol. The van der Waals surface area contributed by atoms with Gasteiger partial charge in [0.25, 0.3) is 0 Å². The Morgan fingerprint density at radius 1 is 0.667 bits per heavy atom. The van der Waals surface area contributed by atoms with E-state index >= 15 is 0 Å². The molecule has 9 N–H and O–H groups in total. The van der Waals surface area contributed by atoms with Gasteiger partial charge in [0.15, 0.2) is 0 Å². The lowest BCUT2D eigenvalue weighted by molar-refractivity contribution is 0.441. The molecule has 3 aromatic rings. The summed E-state index contributed by atoms with van der Waals surface area (Å²) in [7, 11) is 0. The van der Waals surface area contributed by atoms with E-state index in [2.05, 4.69) is 29.6 Å². The smallest absolute Gasteiger partial charge is 0.233 e. The highest BCUT2D eigenvalue weighted by Crippen LogP contribution is 2.25. The summed E-state index contributed by atoms with van der Waals surface area (Å²) in [5, 5.41) is 5.67. The van der Waals surface area contributed by atoms with Crippen LogP contribution in [0.4, 0.5) is 23.5 Å². The molecule has 0 amide bonds. The SMILES string of the molecule is NC1CC(N)CN(c2nc(Nc3ccc4ccccc4c3)nc(N3CC(N)CC(N)C3)n2)C1. The molecular formula is C23H32N10. The van der Waals surface area contributed by atoms with E-state index in [4.69, 9.17) is 37.9 Å². The molecule has 3 heterocycles. The summed E-state index contributed by atoms with van der Waals surface area (Å²) >= 11 is 0. The molecular weight excluding hydrogens is 416 g/mol. The fourth-order valence-corrected chi connectivity index (χ4v) is 4.77. The molecule has 2 fully saturated rings. The summed E-state index contributed by atoms with van der Waals surface area (Å²) in [5.74, 6) is 1.58. The molecule has 0 aliphatic carbocycles. The van der Waals surface area contributed by atoms with Crippen molar-refractivity contribution in [3.63, 3.8) is 0 Å². The van der Waals surface area contributed by atoms with Crippen molar-refractivity contribution in [1.29, 1.82) is 0 Å². The molecule has 2 aromatic carbocycles.